The molecule has 2 N–H and O–H groups in total. The molecule has 1 aliphatic heterocycles. The van der Waals surface area contributed by atoms with E-state index in [0.717, 1.165) is 0 Å². The van der Waals surface area contributed by atoms with Crippen LogP contribution < -0.4 is 0 Å². The molecule has 54 valence electrons. The van der Waals surface area contributed by atoms with Crippen molar-refractivity contribution in [2.24, 2.45) is 0 Å². The zero-order valence-corrected chi connectivity index (χ0v) is 5.20. The van der Waals surface area contributed by atoms with Crippen LogP contribution in [0.2, 0.25) is 0 Å². The molecule has 0 unspecified atom stereocenters. The minimum Gasteiger partial charge on any atom is -0.387 e. The molecule has 1 saturated heterocycles. The number of hydrogen-bond donors (Lipinski definition) is 2. The van der Waals surface area contributed by atoms with Crippen LogP contribution in [0.4, 0.5) is 0 Å². The van der Waals surface area contributed by atoms with Crippen LogP contribution in [0.1, 0.15) is 6.92 Å². The molecule has 0 amide bonds. The van der Waals surface area contributed by atoms with Gasteiger partial charge >= 0.3 is 0 Å². The second-order valence-electron chi connectivity index (χ2n) is 2.42. The van der Waals surface area contributed by atoms with Crippen molar-refractivity contribution >= 4 is 0 Å². The first-order chi connectivity index (χ1) is 4.13. The van der Waals surface area contributed by atoms with Crippen molar-refractivity contribution in [3.63, 3.8) is 0 Å². The third-order valence-electron chi connectivity index (χ3n) is 1.38. The van der Waals surface area contributed by atoms with Gasteiger partial charge in [0.15, 0.2) is 0 Å². The lowest BCUT2D eigenvalue weighted by Crippen LogP contribution is -2.49. The second-order valence-corrected chi connectivity index (χ2v) is 2.42. The topological polar surface area (TPSA) is 58.9 Å². The summed E-state index contributed by atoms with van der Waals surface area (Å²) >= 11 is 0. The largest absolute Gasteiger partial charge is 0.387 e. The van der Waals surface area contributed by atoms with Gasteiger partial charge in [0.2, 0.25) is 0 Å². The molecule has 9 heavy (non-hydrogen) atoms. The van der Waals surface area contributed by atoms with E-state index in [1.165, 1.54) is 6.92 Å². The fraction of sp³-hybridized carbons (Fsp3) is 1.00. The highest BCUT2D eigenvalue weighted by Gasteiger charge is 2.34. The average molecular weight is 134 g/mol. The molecule has 0 aliphatic carbocycles. The van der Waals surface area contributed by atoms with Gasteiger partial charge in [-0.3, -0.25) is 0 Å². The summed E-state index contributed by atoms with van der Waals surface area (Å²) < 4.78 is 0. The number of aliphatic hydroxyl groups is 2. The first kappa shape index (κ1) is 6.95. The van der Waals surface area contributed by atoms with Crippen LogP contribution in [0.5, 0.6) is 0 Å². The molecule has 4 nitrogen and oxygen atoms in total. The smallest absolute Gasteiger partial charge is 0.116 e. The lowest BCUT2D eigenvalue weighted by molar-refractivity contribution is -0.369. The van der Waals surface area contributed by atoms with E-state index < -0.39 is 11.7 Å². The van der Waals surface area contributed by atoms with Crippen molar-refractivity contribution in [3.8, 4) is 0 Å². The SMILES string of the molecule is C[C@]1(O)COOC[C@H]1O. The predicted octanol–water partition coefficient (Wildman–Crippen LogP) is -0.940. The summed E-state index contributed by atoms with van der Waals surface area (Å²) in [5.41, 5.74) is -1.15. The Labute approximate surface area is 52.9 Å². The Morgan fingerprint density at radius 1 is 1.56 bits per heavy atom. The minimum absolute atomic E-state index is 0.0220. The summed E-state index contributed by atoms with van der Waals surface area (Å²) in [7, 11) is 0. The van der Waals surface area contributed by atoms with E-state index in [0.29, 0.717) is 0 Å². The number of aliphatic hydroxyl groups excluding tert-OH is 1. The highest BCUT2D eigenvalue weighted by atomic mass is 17.2. The molecule has 2 atom stereocenters. The van der Waals surface area contributed by atoms with E-state index in [1.54, 1.807) is 0 Å². The molecule has 0 spiro atoms. The normalized spacial score (nSPS) is 45.0. The second kappa shape index (κ2) is 2.22. The van der Waals surface area contributed by atoms with E-state index in [9.17, 15) is 5.11 Å². The van der Waals surface area contributed by atoms with Crippen LogP contribution in [0.15, 0.2) is 0 Å². The molecule has 1 fully saturated rings. The standard InChI is InChI=1S/C5H10O4/c1-5(7)3-9-8-2-4(5)6/h4,6-7H,2-3H2,1H3/t4-,5+/m1/s1. The highest BCUT2D eigenvalue weighted by Crippen LogP contribution is 2.15. The summed E-state index contributed by atoms with van der Waals surface area (Å²) in [5.74, 6) is 0. The fourth-order valence-corrected chi connectivity index (χ4v) is 0.549. The number of hydrogen-bond acceptors (Lipinski definition) is 4. The Morgan fingerprint density at radius 3 is 2.56 bits per heavy atom. The Morgan fingerprint density at radius 2 is 2.22 bits per heavy atom. The Hall–Kier alpha value is -0.160. The maximum Gasteiger partial charge on any atom is 0.116 e. The molecular formula is C5H10O4. The molecule has 0 saturated carbocycles. The third kappa shape index (κ3) is 1.40. The molecule has 1 rings (SSSR count). The molecule has 1 aliphatic rings. The molecule has 0 aromatic heterocycles. The molecule has 0 aromatic carbocycles. The van der Waals surface area contributed by atoms with Gasteiger partial charge in [-0.1, -0.05) is 0 Å². The highest BCUT2D eigenvalue weighted by molar-refractivity contribution is 4.82. The van der Waals surface area contributed by atoms with Crippen LogP contribution >= 0.6 is 0 Å². The van der Waals surface area contributed by atoms with E-state index in [1.807, 2.05) is 0 Å². The molecule has 0 aromatic rings. The van der Waals surface area contributed by atoms with Crippen molar-refractivity contribution in [3.05, 3.63) is 0 Å². The van der Waals surface area contributed by atoms with Gasteiger partial charge in [0.05, 0.1) is 0 Å². The quantitative estimate of drug-likeness (QED) is 0.420. The van der Waals surface area contributed by atoms with E-state index >= 15 is 0 Å². The predicted molar refractivity (Wildman–Crippen MR) is 28.5 cm³/mol. The first-order valence-corrected chi connectivity index (χ1v) is 2.78. The first-order valence-electron chi connectivity index (χ1n) is 2.78. The average Bonchev–Trinajstić information content (AvgIpc) is 1.77. The molecule has 0 radical (unpaired) electrons. The van der Waals surface area contributed by atoms with Crippen LogP contribution in [0.25, 0.3) is 0 Å². The van der Waals surface area contributed by atoms with Gasteiger partial charge in [-0.05, 0) is 6.92 Å². The van der Waals surface area contributed by atoms with Crippen molar-refractivity contribution in [1.29, 1.82) is 0 Å². The van der Waals surface area contributed by atoms with Gasteiger partial charge in [0, 0.05) is 0 Å². The van der Waals surface area contributed by atoms with Crippen molar-refractivity contribution < 1.29 is 20.0 Å². The van der Waals surface area contributed by atoms with Gasteiger partial charge in [-0.25, -0.2) is 9.78 Å². The summed E-state index contributed by atoms with van der Waals surface area (Å²) in [6.07, 6.45) is -0.841. The van der Waals surface area contributed by atoms with E-state index in [2.05, 4.69) is 9.78 Å². The van der Waals surface area contributed by atoms with Crippen LogP contribution in [-0.2, 0) is 9.78 Å². The van der Waals surface area contributed by atoms with Gasteiger partial charge < -0.3 is 10.2 Å². The van der Waals surface area contributed by atoms with E-state index in [4.69, 9.17) is 5.11 Å². The lowest BCUT2D eigenvalue weighted by atomic mass is 10.0. The number of rotatable bonds is 0. The third-order valence-corrected chi connectivity index (χ3v) is 1.38. The minimum atomic E-state index is -1.15. The maximum atomic E-state index is 9.19. The maximum absolute atomic E-state index is 9.19. The Kier molecular flexibility index (Phi) is 1.72. The van der Waals surface area contributed by atoms with Gasteiger partial charge in [-0.15, -0.1) is 0 Å². The summed E-state index contributed by atoms with van der Waals surface area (Å²) in [5, 5.41) is 18.2. The van der Waals surface area contributed by atoms with Gasteiger partial charge in [0.25, 0.3) is 0 Å². The fourth-order valence-electron chi connectivity index (χ4n) is 0.549. The summed E-state index contributed by atoms with van der Waals surface area (Å²) in [6, 6.07) is 0. The molecule has 1 heterocycles. The van der Waals surface area contributed by atoms with Crippen molar-refractivity contribution in [2.75, 3.05) is 13.2 Å². The molecular weight excluding hydrogens is 124 g/mol. The van der Waals surface area contributed by atoms with Crippen LogP contribution in [-0.4, -0.2) is 35.1 Å². The summed E-state index contributed by atoms with van der Waals surface area (Å²) in [6.45, 7) is 1.56. The van der Waals surface area contributed by atoms with Crippen molar-refractivity contribution in [1.82, 2.24) is 0 Å². The van der Waals surface area contributed by atoms with Gasteiger partial charge in [0.1, 0.15) is 24.9 Å². The van der Waals surface area contributed by atoms with E-state index in [-0.39, 0.29) is 13.2 Å². The zero-order chi connectivity index (χ0) is 6.91. The lowest BCUT2D eigenvalue weighted by Gasteiger charge is -2.31. The Bertz CT molecular complexity index is 101. The molecule has 4 heteroatoms. The van der Waals surface area contributed by atoms with Crippen LogP contribution in [0, 0.1) is 0 Å². The Balaban J connectivity index is 2.49. The van der Waals surface area contributed by atoms with Gasteiger partial charge in [-0.2, -0.15) is 0 Å². The molecule has 0 bridgehead atoms. The summed E-state index contributed by atoms with van der Waals surface area (Å²) in [4.78, 5) is 8.85. The van der Waals surface area contributed by atoms with Crippen LogP contribution in [0.3, 0.4) is 0 Å². The van der Waals surface area contributed by atoms with Crippen molar-refractivity contribution in [2.45, 2.75) is 18.6 Å². The zero-order valence-electron chi connectivity index (χ0n) is 5.20. The monoisotopic (exact) mass is 134 g/mol.